The van der Waals surface area contributed by atoms with E-state index in [1.165, 1.54) is 18.3 Å². The van der Waals surface area contributed by atoms with Crippen molar-refractivity contribution in [1.82, 2.24) is 25.5 Å². The zero-order valence-corrected chi connectivity index (χ0v) is 20.3. The van der Waals surface area contributed by atoms with Gasteiger partial charge in [0.15, 0.2) is 19.0 Å². The van der Waals surface area contributed by atoms with Crippen LogP contribution in [0.3, 0.4) is 0 Å². The fraction of sp³-hybridized carbons (Fsp3) is 0.280. The number of hydrogen-bond acceptors (Lipinski definition) is 7. The van der Waals surface area contributed by atoms with Gasteiger partial charge in [-0.15, -0.1) is 0 Å². The Morgan fingerprint density at radius 2 is 1.81 bits per heavy atom. The summed E-state index contributed by atoms with van der Waals surface area (Å²) < 4.78 is 48.4. The maximum Gasteiger partial charge on any atom is 0.422 e. The Kier molecular flexibility index (Phi) is 7.18. The first-order valence-electron chi connectivity index (χ1n) is 11.3. The Morgan fingerprint density at radius 3 is 2.51 bits per heavy atom. The van der Waals surface area contributed by atoms with Crippen molar-refractivity contribution in [2.75, 3.05) is 18.5 Å². The first-order valence-corrected chi connectivity index (χ1v) is 11.3. The molecule has 2 aromatic heterocycles. The van der Waals surface area contributed by atoms with Gasteiger partial charge in [-0.1, -0.05) is 12.1 Å². The van der Waals surface area contributed by atoms with Crippen LogP contribution in [0.25, 0.3) is 22.3 Å². The Morgan fingerprint density at radius 1 is 1.03 bits per heavy atom. The van der Waals surface area contributed by atoms with Crippen molar-refractivity contribution in [3.63, 3.8) is 0 Å². The Bertz CT molecular complexity index is 1380. The van der Waals surface area contributed by atoms with Crippen LogP contribution in [0.2, 0.25) is 0 Å². The second-order valence-electron chi connectivity index (χ2n) is 9.21. The molecule has 4 rings (SSSR count). The maximum absolute atomic E-state index is 12.6. The van der Waals surface area contributed by atoms with Gasteiger partial charge in [0.25, 0.3) is 5.91 Å². The quantitative estimate of drug-likeness (QED) is 0.303. The summed E-state index contributed by atoms with van der Waals surface area (Å²) in [6.07, 6.45) is -1.32. The van der Waals surface area contributed by atoms with Crippen molar-refractivity contribution in [1.29, 1.82) is 0 Å². The number of H-pyrrole nitrogens is 1. The van der Waals surface area contributed by atoms with Gasteiger partial charge in [0.2, 0.25) is 0 Å². The van der Waals surface area contributed by atoms with Crippen LogP contribution >= 0.6 is 0 Å². The number of carbonyl (C=O) groups is 1. The second-order valence-corrected chi connectivity index (χ2v) is 9.21. The molecule has 0 bridgehead atoms. The number of anilines is 2. The van der Waals surface area contributed by atoms with Crippen LogP contribution in [0.15, 0.2) is 54.9 Å². The Hall–Kier alpha value is -4.35. The summed E-state index contributed by atoms with van der Waals surface area (Å²) in [5, 5.41) is 13.0. The number of alkyl halides is 3. The molecule has 194 valence electrons. The average Bonchev–Trinajstić information content (AvgIpc) is 3.33. The molecule has 0 saturated heterocycles. The summed E-state index contributed by atoms with van der Waals surface area (Å²) >= 11 is 0. The lowest BCUT2D eigenvalue weighted by Crippen LogP contribution is -2.43. The van der Waals surface area contributed by atoms with Crippen molar-refractivity contribution in [2.24, 2.45) is 0 Å². The van der Waals surface area contributed by atoms with Crippen LogP contribution in [0.5, 0.6) is 11.5 Å². The fourth-order valence-corrected chi connectivity index (χ4v) is 3.37. The van der Waals surface area contributed by atoms with Crippen molar-refractivity contribution in [3.05, 3.63) is 54.9 Å². The van der Waals surface area contributed by atoms with E-state index in [0.717, 1.165) is 0 Å². The highest BCUT2D eigenvalue weighted by molar-refractivity contribution is 5.93. The number of amides is 1. The summed E-state index contributed by atoms with van der Waals surface area (Å²) in [6.45, 7) is 4.06. The summed E-state index contributed by atoms with van der Waals surface area (Å²) in [5.74, 6) is 0.905. The molecule has 1 amide bonds. The third-order valence-electron chi connectivity index (χ3n) is 4.81. The minimum absolute atomic E-state index is 0.0281. The van der Waals surface area contributed by atoms with Gasteiger partial charge in [-0.2, -0.15) is 18.3 Å². The molecule has 9 nitrogen and oxygen atoms in total. The molecule has 0 saturated carbocycles. The number of benzene rings is 2. The zero-order valence-electron chi connectivity index (χ0n) is 20.3. The van der Waals surface area contributed by atoms with Gasteiger partial charge in [0, 0.05) is 22.7 Å². The molecule has 0 aliphatic rings. The summed E-state index contributed by atoms with van der Waals surface area (Å²) in [4.78, 5) is 21.3. The largest absolute Gasteiger partial charge is 0.484 e. The van der Waals surface area contributed by atoms with Gasteiger partial charge in [-0.25, -0.2) is 9.97 Å². The van der Waals surface area contributed by atoms with Crippen LogP contribution in [-0.4, -0.2) is 51.0 Å². The summed E-state index contributed by atoms with van der Waals surface area (Å²) in [7, 11) is 0. The number of ether oxygens (including phenoxy) is 2. The molecule has 2 heterocycles. The Balaban J connectivity index is 1.64. The molecule has 0 aliphatic heterocycles. The van der Waals surface area contributed by atoms with Crippen LogP contribution in [0, 0.1) is 0 Å². The number of hydrogen-bond donors (Lipinski definition) is 3. The number of fused-ring (bicyclic) bond motifs is 1. The molecule has 0 spiro atoms. The van der Waals surface area contributed by atoms with Crippen molar-refractivity contribution in [2.45, 2.75) is 32.5 Å². The van der Waals surface area contributed by atoms with Crippen molar-refractivity contribution in [3.8, 4) is 22.9 Å². The van der Waals surface area contributed by atoms with Crippen LogP contribution in [-0.2, 0) is 4.79 Å². The van der Waals surface area contributed by atoms with Crippen LogP contribution in [0.1, 0.15) is 20.8 Å². The van der Waals surface area contributed by atoms with E-state index in [4.69, 9.17) is 9.47 Å². The van der Waals surface area contributed by atoms with Gasteiger partial charge in [-0.3, -0.25) is 9.89 Å². The van der Waals surface area contributed by atoms with Crippen LogP contribution < -0.4 is 20.1 Å². The highest BCUT2D eigenvalue weighted by atomic mass is 19.4. The lowest BCUT2D eigenvalue weighted by atomic mass is 10.1. The normalized spacial score (nSPS) is 11.8. The standard InChI is InChI=1S/C25H25F3N6O3/c1-24(2,3)34-21(35)13-36-17-6-4-5-15(9-17)22-32-20-8-7-18(37-14-25(26,27)28)10-19(20)23(33-22)31-16-11-29-30-12-16/h4-12H,13-14H2,1-3H3,(H,29,30)(H,34,35)(H,31,32,33). The molecule has 37 heavy (non-hydrogen) atoms. The van der Waals surface area contributed by atoms with Gasteiger partial charge in [-0.05, 0) is 51.1 Å². The fourth-order valence-electron chi connectivity index (χ4n) is 3.37. The Labute approximate surface area is 210 Å². The highest BCUT2D eigenvalue weighted by Gasteiger charge is 2.28. The van der Waals surface area contributed by atoms with Gasteiger partial charge >= 0.3 is 6.18 Å². The molecule has 0 fully saturated rings. The zero-order chi connectivity index (χ0) is 26.6. The minimum Gasteiger partial charge on any atom is -0.484 e. The van der Waals surface area contributed by atoms with Crippen LogP contribution in [0.4, 0.5) is 24.7 Å². The van der Waals surface area contributed by atoms with Crippen molar-refractivity contribution < 1.29 is 27.4 Å². The molecule has 0 radical (unpaired) electrons. The molecule has 3 N–H and O–H groups in total. The first kappa shape index (κ1) is 25.7. The van der Waals surface area contributed by atoms with E-state index in [2.05, 4.69) is 30.8 Å². The minimum atomic E-state index is -4.46. The predicted octanol–water partition coefficient (Wildman–Crippen LogP) is 5.00. The number of rotatable bonds is 8. The lowest BCUT2D eigenvalue weighted by molar-refractivity contribution is -0.153. The number of aromatic amines is 1. The molecule has 0 atom stereocenters. The number of nitrogens with one attached hydrogen (secondary N) is 3. The third kappa shape index (κ3) is 7.32. The number of halogens is 3. The monoisotopic (exact) mass is 514 g/mol. The van der Waals surface area contributed by atoms with E-state index in [-0.39, 0.29) is 23.8 Å². The average molecular weight is 515 g/mol. The van der Waals surface area contributed by atoms with E-state index in [9.17, 15) is 18.0 Å². The molecular formula is C25H25F3N6O3. The van der Waals surface area contributed by atoms with Crippen molar-refractivity contribution >= 4 is 28.3 Å². The number of aromatic nitrogens is 4. The number of carbonyl (C=O) groups excluding carboxylic acids is 1. The second kappa shape index (κ2) is 10.3. The van der Waals surface area contributed by atoms with Gasteiger partial charge in [0.05, 0.1) is 17.4 Å². The highest BCUT2D eigenvalue weighted by Crippen LogP contribution is 2.31. The molecule has 4 aromatic rings. The first-order chi connectivity index (χ1) is 17.4. The number of nitrogens with zero attached hydrogens (tertiary/aromatic N) is 3. The third-order valence-corrected chi connectivity index (χ3v) is 4.81. The van der Waals surface area contributed by atoms with Gasteiger partial charge < -0.3 is 20.1 Å². The molecular weight excluding hydrogens is 489 g/mol. The van der Waals surface area contributed by atoms with E-state index in [1.807, 2.05) is 20.8 Å². The molecule has 12 heteroatoms. The lowest BCUT2D eigenvalue weighted by Gasteiger charge is -2.20. The van der Waals surface area contributed by atoms with E-state index < -0.39 is 12.8 Å². The van der Waals surface area contributed by atoms with E-state index in [1.54, 1.807) is 36.5 Å². The van der Waals surface area contributed by atoms with Gasteiger partial charge in [0.1, 0.15) is 17.3 Å². The van der Waals surface area contributed by atoms with E-state index in [0.29, 0.717) is 39.5 Å². The molecule has 0 unspecified atom stereocenters. The van der Waals surface area contributed by atoms with E-state index >= 15 is 0 Å². The smallest absolute Gasteiger partial charge is 0.422 e. The summed E-state index contributed by atoms with van der Waals surface area (Å²) in [5.41, 5.74) is 1.31. The SMILES string of the molecule is CC(C)(C)NC(=O)COc1cccc(-c2nc(Nc3cn[nH]c3)c3cc(OCC(F)(F)F)ccc3n2)c1. The molecule has 2 aromatic carbocycles. The molecule has 0 aliphatic carbocycles. The topological polar surface area (TPSA) is 114 Å². The maximum atomic E-state index is 12.6. The predicted molar refractivity (Wildman–Crippen MR) is 132 cm³/mol. The summed E-state index contributed by atoms with van der Waals surface area (Å²) in [6, 6.07) is 11.4.